The van der Waals surface area contributed by atoms with E-state index in [1.807, 2.05) is 6.92 Å². The van der Waals surface area contributed by atoms with Crippen LogP contribution in [0.25, 0.3) is 0 Å². The summed E-state index contributed by atoms with van der Waals surface area (Å²) in [5, 5.41) is 2.78. The van der Waals surface area contributed by atoms with Gasteiger partial charge in [0.15, 0.2) is 11.5 Å². The Kier molecular flexibility index (Phi) is 6.50. The largest absolute Gasteiger partial charge is 0.493 e. The second-order valence-corrected chi connectivity index (χ2v) is 8.88. The molecule has 0 bridgehead atoms. The van der Waals surface area contributed by atoms with Crippen molar-refractivity contribution in [2.24, 2.45) is 0 Å². The van der Waals surface area contributed by atoms with Crippen molar-refractivity contribution in [1.82, 2.24) is 4.31 Å². The molecule has 0 heterocycles. The number of hydrogen-bond donors (Lipinski definition) is 1. The molecule has 1 N–H and O–H groups in total. The van der Waals surface area contributed by atoms with Crippen molar-refractivity contribution >= 4 is 37.5 Å². The fourth-order valence-corrected chi connectivity index (χ4v) is 4.19. The van der Waals surface area contributed by atoms with E-state index < -0.39 is 15.9 Å². The fourth-order valence-electron chi connectivity index (χ4n) is 2.35. The van der Waals surface area contributed by atoms with E-state index in [1.165, 1.54) is 40.4 Å². The van der Waals surface area contributed by atoms with Gasteiger partial charge in [0.05, 0.1) is 19.1 Å². The average molecular weight is 457 g/mol. The van der Waals surface area contributed by atoms with E-state index in [0.29, 0.717) is 21.7 Å². The van der Waals surface area contributed by atoms with Gasteiger partial charge >= 0.3 is 0 Å². The Morgan fingerprint density at radius 3 is 2.22 bits per heavy atom. The molecule has 0 saturated heterocycles. The van der Waals surface area contributed by atoms with Crippen molar-refractivity contribution in [3.63, 3.8) is 0 Å². The molecule has 0 radical (unpaired) electrons. The van der Waals surface area contributed by atoms with Crippen molar-refractivity contribution in [2.45, 2.75) is 11.8 Å². The minimum Gasteiger partial charge on any atom is -0.493 e. The smallest absolute Gasteiger partial charge is 0.255 e. The van der Waals surface area contributed by atoms with Crippen LogP contribution in [0.3, 0.4) is 0 Å². The first-order chi connectivity index (χ1) is 12.6. The second kappa shape index (κ2) is 8.28. The summed E-state index contributed by atoms with van der Waals surface area (Å²) in [6.45, 7) is 1.82. The SMILES string of the molecule is COc1cc(C)c(NC(=O)c2ccc(Br)c(S(=O)(=O)N(C)C)c2)cc1OC. The van der Waals surface area contributed by atoms with Crippen molar-refractivity contribution < 1.29 is 22.7 Å². The third-order valence-corrected chi connectivity index (χ3v) is 6.74. The van der Waals surface area contributed by atoms with Crippen molar-refractivity contribution in [1.29, 1.82) is 0 Å². The van der Waals surface area contributed by atoms with Gasteiger partial charge in [-0.05, 0) is 52.7 Å². The van der Waals surface area contributed by atoms with Gasteiger partial charge in [-0.25, -0.2) is 12.7 Å². The molecule has 0 saturated carbocycles. The van der Waals surface area contributed by atoms with Crippen molar-refractivity contribution in [3.05, 3.63) is 45.9 Å². The number of aryl methyl sites for hydroxylation is 1. The van der Waals surface area contributed by atoms with Crippen LogP contribution in [-0.2, 0) is 10.0 Å². The maximum Gasteiger partial charge on any atom is 0.255 e. The molecule has 146 valence electrons. The van der Waals surface area contributed by atoms with Gasteiger partial charge in [-0.1, -0.05) is 0 Å². The van der Waals surface area contributed by atoms with E-state index in [4.69, 9.17) is 9.47 Å². The molecule has 0 aromatic heterocycles. The molecule has 9 heteroatoms. The molecule has 0 aliphatic rings. The summed E-state index contributed by atoms with van der Waals surface area (Å²) in [5.74, 6) is 0.592. The van der Waals surface area contributed by atoms with E-state index in [1.54, 1.807) is 18.2 Å². The zero-order chi connectivity index (χ0) is 20.4. The highest BCUT2D eigenvalue weighted by Crippen LogP contribution is 2.33. The predicted octanol–water partition coefficient (Wildman–Crippen LogP) is 3.28. The Hall–Kier alpha value is -2.10. The number of halogens is 1. The Bertz CT molecular complexity index is 974. The molecular weight excluding hydrogens is 436 g/mol. The third-order valence-electron chi connectivity index (χ3n) is 3.93. The van der Waals surface area contributed by atoms with Crippen LogP contribution in [0.2, 0.25) is 0 Å². The molecule has 2 aromatic rings. The molecule has 0 spiro atoms. The zero-order valence-corrected chi connectivity index (χ0v) is 18.1. The second-order valence-electron chi connectivity index (χ2n) is 5.91. The first-order valence-electron chi connectivity index (χ1n) is 7.88. The van der Waals surface area contributed by atoms with Gasteiger partial charge in [-0.2, -0.15) is 0 Å². The summed E-state index contributed by atoms with van der Waals surface area (Å²) in [5.41, 5.74) is 1.53. The summed E-state index contributed by atoms with van der Waals surface area (Å²) in [6, 6.07) is 7.82. The fraction of sp³-hybridized carbons (Fsp3) is 0.278. The van der Waals surface area contributed by atoms with Crippen LogP contribution in [0.5, 0.6) is 11.5 Å². The number of sulfonamides is 1. The van der Waals surface area contributed by atoms with Crippen molar-refractivity contribution in [3.8, 4) is 11.5 Å². The molecule has 0 unspecified atom stereocenters. The van der Waals surface area contributed by atoms with E-state index >= 15 is 0 Å². The van der Waals surface area contributed by atoms with Crippen LogP contribution >= 0.6 is 15.9 Å². The molecular formula is C18H21BrN2O5S. The van der Waals surface area contributed by atoms with Gasteiger partial charge in [0, 0.05) is 35.9 Å². The average Bonchev–Trinajstić information content (AvgIpc) is 2.62. The summed E-state index contributed by atoms with van der Waals surface area (Å²) >= 11 is 3.23. The molecule has 0 atom stereocenters. The minimum absolute atomic E-state index is 0.0178. The lowest BCUT2D eigenvalue weighted by Gasteiger charge is -2.15. The number of carbonyl (C=O) groups excluding carboxylic acids is 1. The normalized spacial score (nSPS) is 11.4. The van der Waals surface area contributed by atoms with E-state index in [-0.39, 0.29) is 10.5 Å². The van der Waals surface area contributed by atoms with E-state index in [9.17, 15) is 13.2 Å². The highest BCUT2D eigenvalue weighted by molar-refractivity contribution is 9.10. The monoisotopic (exact) mass is 456 g/mol. The van der Waals surface area contributed by atoms with Crippen LogP contribution < -0.4 is 14.8 Å². The van der Waals surface area contributed by atoms with Crippen LogP contribution in [-0.4, -0.2) is 46.9 Å². The quantitative estimate of drug-likeness (QED) is 0.720. The van der Waals surface area contributed by atoms with Gasteiger partial charge < -0.3 is 14.8 Å². The molecule has 0 aliphatic carbocycles. The number of hydrogen-bond acceptors (Lipinski definition) is 5. The van der Waals surface area contributed by atoms with Gasteiger partial charge in [-0.3, -0.25) is 4.79 Å². The standard InChI is InChI=1S/C18H21BrN2O5S/c1-11-8-15(25-4)16(26-5)10-14(11)20-18(22)12-6-7-13(19)17(9-12)27(23,24)21(2)3/h6-10H,1-5H3,(H,20,22). The first kappa shape index (κ1) is 21.2. The third kappa shape index (κ3) is 4.42. The topological polar surface area (TPSA) is 84.9 Å². The number of anilines is 1. The summed E-state index contributed by atoms with van der Waals surface area (Å²) in [4.78, 5) is 12.7. The molecule has 27 heavy (non-hydrogen) atoms. The number of rotatable bonds is 6. The molecule has 2 rings (SSSR count). The molecule has 0 fully saturated rings. The Morgan fingerprint density at radius 2 is 1.67 bits per heavy atom. The van der Waals surface area contributed by atoms with Gasteiger partial charge in [0.1, 0.15) is 0 Å². The summed E-state index contributed by atoms with van der Waals surface area (Å²) in [6.07, 6.45) is 0. The maximum atomic E-state index is 12.7. The van der Waals surface area contributed by atoms with E-state index in [2.05, 4.69) is 21.2 Å². The zero-order valence-electron chi connectivity index (χ0n) is 15.7. The Labute approximate surface area is 167 Å². The number of nitrogens with one attached hydrogen (secondary N) is 1. The molecule has 7 nitrogen and oxygen atoms in total. The lowest BCUT2D eigenvalue weighted by molar-refractivity contribution is 0.102. The molecule has 1 amide bonds. The minimum atomic E-state index is -3.69. The van der Waals surface area contributed by atoms with Crippen molar-refractivity contribution in [2.75, 3.05) is 33.6 Å². The van der Waals surface area contributed by atoms with Crippen LogP contribution in [0.4, 0.5) is 5.69 Å². The number of nitrogens with zero attached hydrogens (tertiary/aromatic N) is 1. The number of carbonyl (C=O) groups is 1. The predicted molar refractivity (Wildman–Crippen MR) is 107 cm³/mol. The van der Waals surface area contributed by atoms with Gasteiger partial charge in [-0.15, -0.1) is 0 Å². The molecule has 2 aromatic carbocycles. The summed E-state index contributed by atoms with van der Waals surface area (Å²) in [7, 11) is 2.21. The molecule has 0 aliphatic heterocycles. The number of benzene rings is 2. The van der Waals surface area contributed by atoms with Crippen LogP contribution in [0.15, 0.2) is 39.7 Å². The number of amides is 1. The Morgan fingerprint density at radius 1 is 1.07 bits per heavy atom. The van der Waals surface area contributed by atoms with Crippen LogP contribution in [0, 0.1) is 6.92 Å². The van der Waals surface area contributed by atoms with Crippen LogP contribution in [0.1, 0.15) is 15.9 Å². The Balaban J connectivity index is 2.40. The van der Waals surface area contributed by atoms with E-state index in [0.717, 1.165) is 9.87 Å². The number of ether oxygens (including phenoxy) is 2. The lowest BCUT2D eigenvalue weighted by atomic mass is 10.1. The lowest BCUT2D eigenvalue weighted by Crippen LogP contribution is -2.23. The van der Waals surface area contributed by atoms with Gasteiger partial charge in [0.25, 0.3) is 5.91 Å². The van der Waals surface area contributed by atoms with Gasteiger partial charge in [0.2, 0.25) is 10.0 Å². The summed E-state index contributed by atoms with van der Waals surface area (Å²) < 4.78 is 36.8. The number of methoxy groups -OCH3 is 2. The maximum absolute atomic E-state index is 12.7. The first-order valence-corrected chi connectivity index (χ1v) is 10.1. The highest BCUT2D eigenvalue weighted by atomic mass is 79.9. The highest BCUT2D eigenvalue weighted by Gasteiger charge is 2.22.